The summed E-state index contributed by atoms with van der Waals surface area (Å²) in [6.45, 7) is 5.79. The molecule has 4 nitrogen and oxygen atoms in total. The molecule has 1 saturated heterocycles. The van der Waals surface area contributed by atoms with Crippen molar-refractivity contribution in [3.8, 4) is 0 Å². The molecule has 0 bridgehead atoms. The zero-order chi connectivity index (χ0) is 10.1. The third-order valence-electron chi connectivity index (χ3n) is 2.49. The second kappa shape index (κ2) is 3.92. The maximum Gasteiger partial charge on any atom is 0.0938 e. The van der Waals surface area contributed by atoms with Crippen LogP contribution in [0.15, 0.2) is 0 Å². The number of ether oxygens (including phenoxy) is 1. The molecule has 0 radical (unpaired) electrons. The van der Waals surface area contributed by atoms with E-state index in [1.165, 1.54) is 0 Å². The molecule has 1 aliphatic heterocycles. The van der Waals surface area contributed by atoms with Crippen molar-refractivity contribution in [3.05, 3.63) is 0 Å². The van der Waals surface area contributed by atoms with Crippen LogP contribution in [-0.4, -0.2) is 59.7 Å². The highest BCUT2D eigenvalue weighted by Gasteiger charge is 2.32. The predicted octanol–water partition coefficient (Wildman–Crippen LogP) is -0.551. The fourth-order valence-corrected chi connectivity index (χ4v) is 1.58. The van der Waals surface area contributed by atoms with Gasteiger partial charge < -0.3 is 14.9 Å². The van der Waals surface area contributed by atoms with Crippen LogP contribution >= 0.6 is 0 Å². The quantitative estimate of drug-likeness (QED) is 0.625. The monoisotopic (exact) mass is 189 g/mol. The SMILES string of the molecule is COC(C)(C)CN1C[C@@H](O)[C@@H](O)C1. The molecule has 0 unspecified atom stereocenters. The molecule has 1 rings (SSSR count). The van der Waals surface area contributed by atoms with E-state index in [0.717, 1.165) is 6.54 Å². The molecule has 0 aromatic heterocycles. The van der Waals surface area contributed by atoms with Crippen LogP contribution in [0.2, 0.25) is 0 Å². The summed E-state index contributed by atoms with van der Waals surface area (Å²) < 4.78 is 5.27. The van der Waals surface area contributed by atoms with Gasteiger partial charge in [-0.3, -0.25) is 4.90 Å². The normalized spacial score (nSPS) is 31.2. The number of aliphatic hydroxyl groups is 2. The Hall–Kier alpha value is -0.160. The van der Waals surface area contributed by atoms with Crippen LogP contribution in [0.25, 0.3) is 0 Å². The number of methoxy groups -OCH3 is 1. The van der Waals surface area contributed by atoms with Crippen molar-refractivity contribution in [2.24, 2.45) is 0 Å². The third kappa shape index (κ3) is 2.91. The maximum absolute atomic E-state index is 9.31. The van der Waals surface area contributed by atoms with E-state index in [0.29, 0.717) is 13.1 Å². The molecule has 4 heteroatoms. The Morgan fingerprint density at radius 2 is 1.77 bits per heavy atom. The molecule has 1 heterocycles. The van der Waals surface area contributed by atoms with Gasteiger partial charge in [0.1, 0.15) is 0 Å². The molecule has 0 aromatic carbocycles. The topological polar surface area (TPSA) is 52.9 Å². The Labute approximate surface area is 79.1 Å². The molecule has 1 aliphatic rings. The predicted molar refractivity (Wildman–Crippen MR) is 49.5 cm³/mol. The van der Waals surface area contributed by atoms with Gasteiger partial charge >= 0.3 is 0 Å². The molecule has 0 aliphatic carbocycles. The van der Waals surface area contributed by atoms with Crippen LogP contribution in [0.3, 0.4) is 0 Å². The van der Waals surface area contributed by atoms with Crippen molar-refractivity contribution in [3.63, 3.8) is 0 Å². The summed E-state index contributed by atoms with van der Waals surface area (Å²) in [5.41, 5.74) is -0.218. The van der Waals surface area contributed by atoms with Gasteiger partial charge in [-0.1, -0.05) is 0 Å². The maximum atomic E-state index is 9.31. The minimum atomic E-state index is -0.604. The first kappa shape index (κ1) is 10.9. The first-order chi connectivity index (χ1) is 5.94. The summed E-state index contributed by atoms with van der Waals surface area (Å²) in [5, 5.41) is 18.6. The van der Waals surface area contributed by atoms with E-state index in [4.69, 9.17) is 4.74 Å². The van der Waals surface area contributed by atoms with E-state index in [1.54, 1.807) is 7.11 Å². The van der Waals surface area contributed by atoms with Gasteiger partial charge in [-0.2, -0.15) is 0 Å². The van der Waals surface area contributed by atoms with Crippen LogP contribution in [0, 0.1) is 0 Å². The Morgan fingerprint density at radius 3 is 2.15 bits per heavy atom. The highest BCUT2D eigenvalue weighted by atomic mass is 16.5. The number of hydrogen-bond donors (Lipinski definition) is 2. The first-order valence-electron chi connectivity index (χ1n) is 4.58. The fourth-order valence-electron chi connectivity index (χ4n) is 1.58. The molecule has 2 N–H and O–H groups in total. The highest BCUT2D eigenvalue weighted by Crippen LogP contribution is 2.16. The summed E-state index contributed by atoms with van der Waals surface area (Å²) in [4.78, 5) is 2.01. The highest BCUT2D eigenvalue weighted by molar-refractivity contribution is 4.86. The Bertz CT molecular complexity index is 162. The lowest BCUT2D eigenvalue weighted by Gasteiger charge is -2.28. The third-order valence-corrected chi connectivity index (χ3v) is 2.49. The van der Waals surface area contributed by atoms with Crippen LogP contribution < -0.4 is 0 Å². The van der Waals surface area contributed by atoms with Gasteiger partial charge in [0.05, 0.1) is 17.8 Å². The lowest BCUT2D eigenvalue weighted by Crippen LogP contribution is -2.39. The van der Waals surface area contributed by atoms with E-state index >= 15 is 0 Å². The van der Waals surface area contributed by atoms with Gasteiger partial charge in [0.2, 0.25) is 0 Å². The second-order valence-corrected chi connectivity index (χ2v) is 4.29. The average molecular weight is 189 g/mol. The van der Waals surface area contributed by atoms with E-state index in [2.05, 4.69) is 0 Å². The van der Waals surface area contributed by atoms with Gasteiger partial charge in [-0.25, -0.2) is 0 Å². The number of rotatable bonds is 3. The largest absolute Gasteiger partial charge is 0.389 e. The molecule has 0 amide bonds. The molecular weight excluding hydrogens is 170 g/mol. The van der Waals surface area contributed by atoms with Crippen LogP contribution in [0.5, 0.6) is 0 Å². The van der Waals surface area contributed by atoms with Crippen molar-refractivity contribution in [2.75, 3.05) is 26.7 Å². The van der Waals surface area contributed by atoms with Crippen molar-refractivity contribution >= 4 is 0 Å². The lowest BCUT2D eigenvalue weighted by molar-refractivity contribution is -0.00512. The number of hydrogen-bond acceptors (Lipinski definition) is 4. The minimum absolute atomic E-state index is 0.218. The van der Waals surface area contributed by atoms with Gasteiger partial charge in [-0.05, 0) is 13.8 Å². The van der Waals surface area contributed by atoms with Crippen molar-refractivity contribution < 1.29 is 14.9 Å². The lowest BCUT2D eigenvalue weighted by atomic mass is 10.1. The van der Waals surface area contributed by atoms with Gasteiger partial charge in [0, 0.05) is 26.7 Å². The first-order valence-corrected chi connectivity index (χ1v) is 4.58. The fraction of sp³-hybridized carbons (Fsp3) is 1.00. The zero-order valence-electron chi connectivity index (χ0n) is 8.53. The van der Waals surface area contributed by atoms with E-state index in [9.17, 15) is 10.2 Å². The molecule has 2 atom stereocenters. The summed E-state index contributed by atoms with van der Waals surface area (Å²) in [5.74, 6) is 0. The summed E-state index contributed by atoms with van der Waals surface area (Å²) in [6.07, 6.45) is -1.21. The molecule has 0 spiro atoms. The second-order valence-electron chi connectivity index (χ2n) is 4.29. The van der Waals surface area contributed by atoms with Crippen molar-refractivity contribution in [2.45, 2.75) is 31.7 Å². The van der Waals surface area contributed by atoms with Crippen LogP contribution in [0.4, 0.5) is 0 Å². The number of β-amino-alcohol motifs (C(OH)–C–C–N with tert-alkyl or cyclic N) is 2. The average Bonchev–Trinajstić information content (AvgIpc) is 2.30. The van der Waals surface area contributed by atoms with Crippen LogP contribution in [-0.2, 0) is 4.74 Å². The smallest absolute Gasteiger partial charge is 0.0938 e. The van der Waals surface area contributed by atoms with E-state index in [1.807, 2.05) is 18.7 Å². The Balaban J connectivity index is 2.40. The standard InChI is InChI=1S/C9H19NO3/c1-9(2,13-3)6-10-4-7(11)8(12)5-10/h7-8,11-12H,4-6H2,1-3H3/t7-,8+. The zero-order valence-corrected chi connectivity index (χ0v) is 8.53. The van der Waals surface area contributed by atoms with Crippen molar-refractivity contribution in [1.82, 2.24) is 4.90 Å². The molecular formula is C9H19NO3. The number of likely N-dealkylation sites (tertiary alicyclic amines) is 1. The molecule has 1 fully saturated rings. The summed E-state index contributed by atoms with van der Waals surface area (Å²) >= 11 is 0. The Kier molecular flexibility index (Phi) is 3.29. The minimum Gasteiger partial charge on any atom is -0.389 e. The summed E-state index contributed by atoms with van der Waals surface area (Å²) in [7, 11) is 1.67. The Morgan fingerprint density at radius 1 is 1.31 bits per heavy atom. The van der Waals surface area contributed by atoms with Gasteiger partial charge in [-0.15, -0.1) is 0 Å². The number of nitrogens with zero attached hydrogens (tertiary/aromatic N) is 1. The van der Waals surface area contributed by atoms with Gasteiger partial charge in [0.15, 0.2) is 0 Å². The summed E-state index contributed by atoms with van der Waals surface area (Å²) in [6, 6.07) is 0. The van der Waals surface area contributed by atoms with Crippen molar-refractivity contribution in [1.29, 1.82) is 0 Å². The molecule has 0 aromatic rings. The molecule has 78 valence electrons. The van der Waals surface area contributed by atoms with E-state index in [-0.39, 0.29) is 5.60 Å². The molecule has 13 heavy (non-hydrogen) atoms. The van der Waals surface area contributed by atoms with E-state index < -0.39 is 12.2 Å². The van der Waals surface area contributed by atoms with Gasteiger partial charge in [0.25, 0.3) is 0 Å². The van der Waals surface area contributed by atoms with Crippen LogP contribution in [0.1, 0.15) is 13.8 Å². The molecule has 0 saturated carbocycles. The number of aliphatic hydroxyl groups excluding tert-OH is 2.